The van der Waals surface area contributed by atoms with Crippen LogP contribution in [-0.2, 0) is 4.79 Å². The summed E-state index contributed by atoms with van der Waals surface area (Å²) >= 11 is 0. The van der Waals surface area contributed by atoms with E-state index in [1.54, 1.807) is 24.4 Å². The molecule has 3 aromatic rings. The Labute approximate surface area is 202 Å². The molecule has 0 aliphatic carbocycles. The summed E-state index contributed by atoms with van der Waals surface area (Å²) < 4.78 is 5.71. The van der Waals surface area contributed by atoms with Gasteiger partial charge in [-0.15, -0.1) is 0 Å². The normalized spacial score (nSPS) is 11.1. The minimum absolute atomic E-state index is 0.108. The van der Waals surface area contributed by atoms with Crippen LogP contribution in [0.5, 0.6) is 5.75 Å². The van der Waals surface area contributed by atoms with Crippen LogP contribution >= 0.6 is 0 Å². The van der Waals surface area contributed by atoms with Crippen LogP contribution in [0.4, 0.5) is 0 Å². The molecule has 0 bridgehead atoms. The molecule has 0 aliphatic rings. The largest absolute Gasteiger partial charge is 0.422 e. The van der Waals surface area contributed by atoms with Crippen LogP contribution in [-0.4, -0.2) is 18.1 Å². The lowest BCUT2D eigenvalue weighted by Gasteiger charge is -2.11. The van der Waals surface area contributed by atoms with Gasteiger partial charge >= 0.3 is 5.97 Å². The summed E-state index contributed by atoms with van der Waals surface area (Å²) in [5.41, 5.74) is 4.81. The fraction of sp³-hybridized carbons (Fsp3) is 0.345. The third-order valence-electron chi connectivity index (χ3n) is 5.81. The lowest BCUT2D eigenvalue weighted by atomic mass is 10.0. The molecule has 1 N–H and O–H groups in total. The molecular weight excluding hydrogens is 424 g/mol. The first-order chi connectivity index (χ1) is 16.6. The van der Waals surface area contributed by atoms with Crippen molar-refractivity contribution in [1.29, 1.82) is 0 Å². The number of rotatable bonds is 12. The Morgan fingerprint density at radius 2 is 1.59 bits per heavy atom. The van der Waals surface area contributed by atoms with E-state index >= 15 is 0 Å². The first-order valence-electron chi connectivity index (χ1n) is 12.2. The molecule has 0 radical (unpaired) electrons. The van der Waals surface area contributed by atoms with Gasteiger partial charge in [-0.2, -0.15) is 5.10 Å². The number of ether oxygens (including phenoxy) is 1. The monoisotopic (exact) mass is 458 g/mol. The zero-order valence-corrected chi connectivity index (χ0v) is 20.2. The maximum Gasteiger partial charge on any atom is 0.343 e. The lowest BCUT2D eigenvalue weighted by Crippen LogP contribution is -2.17. The first-order valence-corrected chi connectivity index (χ1v) is 12.2. The standard InChI is InChI=1S/C29H34N2O3/c1-3-4-5-6-7-8-9-14-28(32)31-30-21-26-25-13-11-10-12-23(25)19-20-27(26)34-29(33)24-17-15-22(2)16-18-24/h10-13,15-21H,3-9,14H2,1-2H3,(H,31,32)/b30-21-. The Hall–Kier alpha value is -3.47. The van der Waals surface area contributed by atoms with Crippen molar-refractivity contribution in [3.8, 4) is 5.75 Å². The number of esters is 1. The van der Waals surface area contributed by atoms with Gasteiger partial charge in [0.05, 0.1) is 11.8 Å². The maximum atomic E-state index is 12.7. The van der Waals surface area contributed by atoms with Gasteiger partial charge in [0.15, 0.2) is 0 Å². The molecule has 0 aromatic heterocycles. The first kappa shape index (κ1) is 25.2. The van der Waals surface area contributed by atoms with Crippen LogP contribution in [0.2, 0.25) is 0 Å². The fourth-order valence-corrected chi connectivity index (χ4v) is 3.81. The number of hydrogen-bond donors (Lipinski definition) is 1. The van der Waals surface area contributed by atoms with Gasteiger partial charge in [-0.3, -0.25) is 4.79 Å². The van der Waals surface area contributed by atoms with E-state index in [0.717, 1.165) is 29.2 Å². The zero-order chi connectivity index (χ0) is 24.2. The molecule has 0 heterocycles. The van der Waals surface area contributed by atoms with Crippen molar-refractivity contribution < 1.29 is 14.3 Å². The van der Waals surface area contributed by atoms with Crippen LogP contribution < -0.4 is 10.2 Å². The number of aryl methyl sites for hydroxylation is 1. The van der Waals surface area contributed by atoms with Crippen molar-refractivity contribution in [1.82, 2.24) is 5.43 Å². The summed E-state index contributed by atoms with van der Waals surface area (Å²) in [6.07, 6.45) is 10.1. The molecular formula is C29H34N2O3. The third kappa shape index (κ3) is 7.55. The van der Waals surface area contributed by atoms with Gasteiger partial charge in [-0.05, 0) is 42.3 Å². The van der Waals surface area contributed by atoms with Gasteiger partial charge in [0.1, 0.15) is 5.75 Å². The molecule has 0 saturated carbocycles. The van der Waals surface area contributed by atoms with Crippen molar-refractivity contribution in [2.45, 2.75) is 65.2 Å². The second-order valence-electron chi connectivity index (χ2n) is 8.62. The Morgan fingerprint density at radius 1 is 0.882 bits per heavy atom. The minimum atomic E-state index is -0.437. The minimum Gasteiger partial charge on any atom is -0.422 e. The van der Waals surface area contributed by atoms with E-state index in [9.17, 15) is 9.59 Å². The number of hydrazone groups is 1. The molecule has 0 saturated heterocycles. The van der Waals surface area contributed by atoms with Crippen LogP contribution in [0.3, 0.4) is 0 Å². The fourth-order valence-electron chi connectivity index (χ4n) is 3.81. The number of fused-ring (bicyclic) bond motifs is 1. The summed E-state index contributed by atoms with van der Waals surface area (Å²) in [5.74, 6) is -0.148. The number of hydrogen-bond acceptors (Lipinski definition) is 4. The number of carbonyl (C=O) groups is 2. The van der Waals surface area contributed by atoms with Crippen molar-refractivity contribution in [2.75, 3.05) is 0 Å². The molecule has 0 unspecified atom stereocenters. The third-order valence-corrected chi connectivity index (χ3v) is 5.81. The molecule has 0 atom stereocenters. The molecule has 0 fully saturated rings. The van der Waals surface area contributed by atoms with E-state index in [1.807, 2.05) is 49.4 Å². The molecule has 0 spiro atoms. The second-order valence-corrected chi connectivity index (χ2v) is 8.62. The average Bonchev–Trinajstić information content (AvgIpc) is 2.85. The maximum absolute atomic E-state index is 12.7. The summed E-state index contributed by atoms with van der Waals surface area (Å²) in [5, 5.41) is 6.05. The Morgan fingerprint density at radius 3 is 2.35 bits per heavy atom. The van der Waals surface area contributed by atoms with Crippen molar-refractivity contribution >= 4 is 28.9 Å². The molecule has 3 aromatic carbocycles. The quantitative estimate of drug-likeness (QED) is 0.105. The number of amides is 1. The highest BCUT2D eigenvalue weighted by Gasteiger charge is 2.13. The average molecular weight is 459 g/mol. The van der Waals surface area contributed by atoms with E-state index in [-0.39, 0.29) is 5.91 Å². The summed E-state index contributed by atoms with van der Waals surface area (Å²) in [7, 11) is 0. The molecule has 5 nitrogen and oxygen atoms in total. The van der Waals surface area contributed by atoms with Crippen LogP contribution in [0, 0.1) is 6.92 Å². The molecule has 34 heavy (non-hydrogen) atoms. The molecule has 5 heteroatoms. The highest BCUT2D eigenvalue weighted by atomic mass is 16.5. The number of carbonyl (C=O) groups excluding carboxylic acids is 2. The van der Waals surface area contributed by atoms with E-state index in [0.29, 0.717) is 23.3 Å². The SMILES string of the molecule is CCCCCCCCCC(=O)N/N=C\c1c(OC(=O)c2ccc(C)cc2)ccc2ccccc12. The Kier molecular flexibility index (Phi) is 9.83. The molecule has 3 rings (SSSR count). The molecule has 1 amide bonds. The Balaban J connectivity index is 1.64. The van der Waals surface area contributed by atoms with Crippen LogP contribution in [0.25, 0.3) is 10.8 Å². The van der Waals surface area contributed by atoms with Crippen molar-refractivity contribution in [3.05, 3.63) is 77.4 Å². The molecule has 178 valence electrons. The summed E-state index contributed by atoms with van der Waals surface area (Å²) in [4.78, 5) is 24.9. The smallest absolute Gasteiger partial charge is 0.343 e. The summed E-state index contributed by atoms with van der Waals surface area (Å²) in [6.45, 7) is 4.18. The molecule has 0 aliphatic heterocycles. The van der Waals surface area contributed by atoms with Gasteiger partial charge in [0.25, 0.3) is 0 Å². The van der Waals surface area contributed by atoms with E-state index in [1.165, 1.54) is 32.1 Å². The van der Waals surface area contributed by atoms with Crippen LogP contribution in [0.15, 0.2) is 65.8 Å². The van der Waals surface area contributed by atoms with Gasteiger partial charge in [-0.1, -0.05) is 93.5 Å². The highest BCUT2D eigenvalue weighted by molar-refractivity contribution is 6.04. The van der Waals surface area contributed by atoms with Crippen molar-refractivity contribution in [3.63, 3.8) is 0 Å². The lowest BCUT2D eigenvalue weighted by molar-refractivity contribution is -0.121. The Bertz CT molecular complexity index is 1120. The van der Waals surface area contributed by atoms with Gasteiger partial charge in [0.2, 0.25) is 5.91 Å². The topological polar surface area (TPSA) is 67.8 Å². The second kappa shape index (κ2) is 13.3. The van der Waals surface area contributed by atoms with Gasteiger partial charge in [-0.25, -0.2) is 10.2 Å². The van der Waals surface area contributed by atoms with Crippen molar-refractivity contribution in [2.24, 2.45) is 5.10 Å². The van der Waals surface area contributed by atoms with Gasteiger partial charge < -0.3 is 4.74 Å². The zero-order valence-electron chi connectivity index (χ0n) is 20.2. The summed E-state index contributed by atoms with van der Waals surface area (Å²) in [6, 6.07) is 18.7. The number of nitrogens with zero attached hydrogens (tertiary/aromatic N) is 1. The van der Waals surface area contributed by atoms with Gasteiger partial charge in [0, 0.05) is 12.0 Å². The van der Waals surface area contributed by atoms with E-state index in [2.05, 4.69) is 17.5 Å². The van der Waals surface area contributed by atoms with E-state index < -0.39 is 5.97 Å². The number of nitrogens with one attached hydrogen (secondary N) is 1. The number of unbranched alkanes of at least 4 members (excludes halogenated alkanes) is 6. The van der Waals surface area contributed by atoms with Crippen LogP contribution in [0.1, 0.15) is 79.8 Å². The van der Waals surface area contributed by atoms with E-state index in [4.69, 9.17) is 4.74 Å². The predicted octanol–water partition coefficient (Wildman–Crippen LogP) is 6.96. The highest BCUT2D eigenvalue weighted by Crippen LogP contribution is 2.27. The predicted molar refractivity (Wildman–Crippen MR) is 138 cm³/mol. The number of benzene rings is 3.